The molecule has 2 aromatic rings. The number of methoxy groups -OCH3 is 2. The van der Waals surface area contributed by atoms with Gasteiger partial charge in [-0.3, -0.25) is 4.79 Å². The molecular formula is C19H21F2NO4. The standard InChI is InChI=1S/C19H21F2NO4/c1-12(22-19(23)15-6-5-14(20)11-16(15)21)13-4-7-17(18(10-13)25-3)26-9-8-24-2/h4-7,10-12H,8-9H2,1-3H3,(H,22,23). The summed E-state index contributed by atoms with van der Waals surface area (Å²) >= 11 is 0. The highest BCUT2D eigenvalue weighted by Crippen LogP contribution is 2.30. The van der Waals surface area contributed by atoms with Crippen molar-refractivity contribution in [1.82, 2.24) is 5.32 Å². The lowest BCUT2D eigenvalue weighted by Crippen LogP contribution is -2.27. The predicted octanol–water partition coefficient (Wildman–Crippen LogP) is 3.49. The SMILES string of the molecule is COCCOc1ccc(C(C)NC(=O)c2ccc(F)cc2F)cc1OC. The molecule has 26 heavy (non-hydrogen) atoms. The molecule has 1 amide bonds. The largest absolute Gasteiger partial charge is 0.493 e. The van der Waals surface area contributed by atoms with Crippen molar-refractivity contribution in [3.63, 3.8) is 0 Å². The molecule has 7 heteroatoms. The van der Waals surface area contributed by atoms with E-state index in [1.54, 1.807) is 32.2 Å². The van der Waals surface area contributed by atoms with Crippen LogP contribution in [0.2, 0.25) is 0 Å². The average Bonchev–Trinajstić information content (AvgIpc) is 2.61. The van der Waals surface area contributed by atoms with Crippen molar-refractivity contribution in [3.05, 3.63) is 59.2 Å². The van der Waals surface area contributed by atoms with Gasteiger partial charge in [-0.05, 0) is 36.8 Å². The van der Waals surface area contributed by atoms with Gasteiger partial charge in [0.05, 0.1) is 25.3 Å². The molecule has 140 valence electrons. The minimum atomic E-state index is -0.908. The topological polar surface area (TPSA) is 56.8 Å². The molecule has 0 bridgehead atoms. The fourth-order valence-electron chi connectivity index (χ4n) is 2.34. The summed E-state index contributed by atoms with van der Waals surface area (Å²) in [4.78, 5) is 12.2. The lowest BCUT2D eigenvalue weighted by molar-refractivity contribution is 0.0935. The highest BCUT2D eigenvalue weighted by molar-refractivity contribution is 5.94. The normalized spacial score (nSPS) is 11.7. The van der Waals surface area contributed by atoms with Crippen molar-refractivity contribution in [2.75, 3.05) is 27.4 Å². The molecule has 1 atom stereocenters. The minimum Gasteiger partial charge on any atom is -0.493 e. The van der Waals surface area contributed by atoms with E-state index < -0.39 is 23.6 Å². The van der Waals surface area contributed by atoms with Crippen LogP contribution in [0.4, 0.5) is 8.78 Å². The van der Waals surface area contributed by atoms with Gasteiger partial charge in [0, 0.05) is 13.2 Å². The van der Waals surface area contributed by atoms with Crippen molar-refractivity contribution in [2.45, 2.75) is 13.0 Å². The number of hydrogen-bond donors (Lipinski definition) is 1. The molecular weight excluding hydrogens is 344 g/mol. The van der Waals surface area contributed by atoms with Crippen LogP contribution in [0.15, 0.2) is 36.4 Å². The van der Waals surface area contributed by atoms with E-state index >= 15 is 0 Å². The third-order valence-corrected chi connectivity index (χ3v) is 3.76. The highest BCUT2D eigenvalue weighted by atomic mass is 19.1. The fourth-order valence-corrected chi connectivity index (χ4v) is 2.34. The molecule has 0 saturated heterocycles. The van der Waals surface area contributed by atoms with Gasteiger partial charge in [0.25, 0.3) is 5.91 Å². The van der Waals surface area contributed by atoms with E-state index in [0.717, 1.165) is 17.7 Å². The van der Waals surface area contributed by atoms with Crippen LogP contribution in [0.5, 0.6) is 11.5 Å². The number of halogens is 2. The fraction of sp³-hybridized carbons (Fsp3) is 0.316. The average molecular weight is 365 g/mol. The van der Waals surface area contributed by atoms with Gasteiger partial charge < -0.3 is 19.5 Å². The Morgan fingerprint density at radius 3 is 2.50 bits per heavy atom. The van der Waals surface area contributed by atoms with E-state index in [-0.39, 0.29) is 5.56 Å². The summed E-state index contributed by atoms with van der Waals surface area (Å²) in [5, 5.41) is 2.68. The van der Waals surface area contributed by atoms with Crippen molar-refractivity contribution >= 4 is 5.91 Å². The Hall–Kier alpha value is -2.67. The van der Waals surface area contributed by atoms with Crippen LogP contribution in [0.1, 0.15) is 28.9 Å². The summed E-state index contributed by atoms with van der Waals surface area (Å²) < 4.78 is 42.5. The van der Waals surface area contributed by atoms with Gasteiger partial charge in [0.1, 0.15) is 18.2 Å². The molecule has 0 aliphatic rings. The van der Waals surface area contributed by atoms with Gasteiger partial charge in [0.2, 0.25) is 0 Å². The van der Waals surface area contributed by atoms with Gasteiger partial charge in [-0.2, -0.15) is 0 Å². The van der Waals surface area contributed by atoms with Crippen LogP contribution in [-0.4, -0.2) is 33.3 Å². The summed E-state index contributed by atoms with van der Waals surface area (Å²) in [7, 11) is 3.09. The van der Waals surface area contributed by atoms with Crippen molar-refractivity contribution in [1.29, 1.82) is 0 Å². The summed E-state index contributed by atoms with van der Waals surface area (Å²) in [5.74, 6) is -1.21. The molecule has 0 spiro atoms. The Labute approximate surface area is 150 Å². The quantitative estimate of drug-likeness (QED) is 0.728. The number of ether oxygens (including phenoxy) is 3. The first-order valence-corrected chi connectivity index (χ1v) is 8.01. The van der Waals surface area contributed by atoms with Crippen LogP contribution < -0.4 is 14.8 Å². The molecule has 0 saturated carbocycles. The van der Waals surface area contributed by atoms with Crippen molar-refractivity contribution < 1.29 is 27.8 Å². The zero-order valence-electron chi connectivity index (χ0n) is 14.8. The van der Waals surface area contributed by atoms with E-state index in [1.165, 1.54) is 7.11 Å². The van der Waals surface area contributed by atoms with E-state index in [1.807, 2.05) is 0 Å². The Morgan fingerprint density at radius 2 is 1.85 bits per heavy atom. The number of carbonyl (C=O) groups is 1. The molecule has 0 fully saturated rings. The summed E-state index contributed by atoms with van der Waals surface area (Å²) in [6, 6.07) is 7.64. The Bertz CT molecular complexity index is 767. The van der Waals surface area contributed by atoms with Crippen molar-refractivity contribution in [3.8, 4) is 11.5 Å². The lowest BCUT2D eigenvalue weighted by atomic mass is 10.1. The molecule has 1 unspecified atom stereocenters. The first-order chi connectivity index (χ1) is 12.5. The molecule has 0 heterocycles. The molecule has 0 radical (unpaired) electrons. The second kappa shape index (κ2) is 9.15. The number of carbonyl (C=O) groups excluding carboxylic acids is 1. The van der Waals surface area contributed by atoms with Crippen LogP contribution in [-0.2, 0) is 4.74 Å². The molecule has 0 aliphatic heterocycles. The third-order valence-electron chi connectivity index (χ3n) is 3.76. The van der Waals surface area contributed by atoms with Crippen LogP contribution in [0.25, 0.3) is 0 Å². The Kier molecular flexibility index (Phi) is 6.91. The molecule has 0 aliphatic carbocycles. The van der Waals surface area contributed by atoms with Gasteiger partial charge in [-0.15, -0.1) is 0 Å². The maximum Gasteiger partial charge on any atom is 0.254 e. The third kappa shape index (κ3) is 4.92. The molecule has 2 rings (SSSR count). The van der Waals surface area contributed by atoms with Crippen LogP contribution >= 0.6 is 0 Å². The molecule has 0 aromatic heterocycles. The van der Waals surface area contributed by atoms with Crippen LogP contribution in [0, 0.1) is 11.6 Å². The predicted molar refractivity (Wildman–Crippen MR) is 92.6 cm³/mol. The van der Waals surface area contributed by atoms with Gasteiger partial charge in [-0.1, -0.05) is 6.07 Å². The zero-order valence-corrected chi connectivity index (χ0v) is 14.8. The smallest absolute Gasteiger partial charge is 0.254 e. The summed E-state index contributed by atoms with van der Waals surface area (Å²) in [6.45, 7) is 2.57. The van der Waals surface area contributed by atoms with E-state index in [0.29, 0.717) is 30.8 Å². The number of hydrogen-bond acceptors (Lipinski definition) is 4. The van der Waals surface area contributed by atoms with E-state index in [9.17, 15) is 13.6 Å². The monoisotopic (exact) mass is 365 g/mol. The van der Waals surface area contributed by atoms with E-state index in [2.05, 4.69) is 5.32 Å². The first kappa shape index (κ1) is 19.7. The van der Waals surface area contributed by atoms with Gasteiger partial charge in [0.15, 0.2) is 11.5 Å². The highest BCUT2D eigenvalue weighted by Gasteiger charge is 2.17. The van der Waals surface area contributed by atoms with E-state index in [4.69, 9.17) is 14.2 Å². The van der Waals surface area contributed by atoms with Crippen molar-refractivity contribution in [2.24, 2.45) is 0 Å². The number of nitrogens with one attached hydrogen (secondary N) is 1. The van der Waals surface area contributed by atoms with Gasteiger partial charge in [-0.25, -0.2) is 8.78 Å². The summed E-state index contributed by atoms with van der Waals surface area (Å²) in [5.41, 5.74) is 0.529. The van der Waals surface area contributed by atoms with Crippen LogP contribution in [0.3, 0.4) is 0 Å². The Morgan fingerprint density at radius 1 is 1.08 bits per heavy atom. The molecule has 5 nitrogen and oxygen atoms in total. The summed E-state index contributed by atoms with van der Waals surface area (Å²) in [6.07, 6.45) is 0. The zero-order chi connectivity index (χ0) is 19.1. The maximum absolute atomic E-state index is 13.7. The Balaban J connectivity index is 2.10. The van der Waals surface area contributed by atoms with Gasteiger partial charge >= 0.3 is 0 Å². The maximum atomic E-state index is 13.7. The molecule has 1 N–H and O–H groups in total. The molecule has 2 aromatic carbocycles. The second-order valence-electron chi connectivity index (χ2n) is 5.57. The first-order valence-electron chi connectivity index (χ1n) is 8.01. The minimum absolute atomic E-state index is 0.218. The number of amides is 1. The lowest BCUT2D eigenvalue weighted by Gasteiger charge is -2.17. The second-order valence-corrected chi connectivity index (χ2v) is 5.57. The number of rotatable bonds is 8. The number of benzene rings is 2.